The first-order valence-corrected chi connectivity index (χ1v) is 11.8. The summed E-state index contributed by atoms with van der Waals surface area (Å²) in [5.41, 5.74) is 3.19. The Morgan fingerprint density at radius 2 is 1.56 bits per heavy atom. The smallest absolute Gasteiger partial charge is 0.247 e. The maximum absolute atomic E-state index is 13.4. The molecule has 1 unspecified atom stereocenters. The van der Waals surface area contributed by atoms with Crippen LogP contribution < -0.4 is 0 Å². The number of hydrogen-bond acceptors (Lipinski definition) is 4. The van der Waals surface area contributed by atoms with Gasteiger partial charge in [-0.15, -0.1) is 0 Å². The van der Waals surface area contributed by atoms with Crippen LogP contribution in [0.5, 0.6) is 0 Å². The van der Waals surface area contributed by atoms with Gasteiger partial charge in [-0.1, -0.05) is 54.6 Å². The highest BCUT2D eigenvalue weighted by molar-refractivity contribution is 5.95. The van der Waals surface area contributed by atoms with E-state index in [1.807, 2.05) is 24.3 Å². The van der Waals surface area contributed by atoms with Crippen molar-refractivity contribution in [3.8, 4) is 0 Å². The Balaban J connectivity index is 1.18. The molecular formula is C28H26N4O2. The molecule has 3 heterocycles. The van der Waals surface area contributed by atoms with Crippen LogP contribution in [-0.2, 0) is 22.7 Å². The van der Waals surface area contributed by atoms with Gasteiger partial charge in [0.15, 0.2) is 0 Å². The maximum Gasteiger partial charge on any atom is 0.247 e. The van der Waals surface area contributed by atoms with Crippen molar-refractivity contribution in [1.29, 1.82) is 0 Å². The summed E-state index contributed by atoms with van der Waals surface area (Å²) < 4.78 is 0. The Morgan fingerprint density at radius 3 is 2.44 bits per heavy atom. The minimum Gasteiger partial charge on any atom is -0.327 e. The van der Waals surface area contributed by atoms with Crippen molar-refractivity contribution in [2.24, 2.45) is 0 Å². The average molecular weight is 451 g/mol. The normalized spacial score (nSPS) is 19.1. The van der Waals surface area contributed by atoms with Crippen molar-refractivity contribution in [3.63, 3.8) is 0 Å². The van der Waals surface area contributed by atoms with E-state index in [4.69, 9.17) is 0 Å². The summed E-state index contributed by atoms with van der Waals surface area (Å²) in [6.07, 6.45) is 1.81. The van der Waals surface area contributed by atoms with Crippen LogP contribution in [-0.4, -0.2) is 63.7 Å². The Hall–Kier alpha value is -3.77. The molecule has 0 bridgehead atoms. The largest absolute Gasteiger partial charge is 0.327 e. The fraction of sp³-hybridized carbons (Fsp3) is 0.250. The van der Waals surface area contributed by atoms with Crippen LogP contribution in [0.25, 0.3) is 21.7 Å². The van der Waals surface area contributed by atoms with Crippen LogP contribution in [0.2, 0.25) is 0 Å². The van der Waals surface area contributed by atoms with Crippen LogP contribution in [0.4, 0.5) is 0 Å². The summed E-state index contributed by atoms with van der Waals surface area (Å²) in [4.78, 5) is 36.6. The van der Waals surface area contributed by atoms with Gasteiger partial charge in [0.05, 0.1) is 5.52 Å². The summed E-state index contributed by atoms with van der Waals surface area (Å²) in [7, 11) is 0. The molecule has 0 saturated carbocycles. The second kappa shape index (κ2) is 8.54. The number of aromatic nitrogens is 1. The van der Waals surface area contributed by atoms with Crippen LogP contribution >= 0.6 is 0 Å². The predicted molar refractivity (Wildman–Crippen MR) is 132 cm³/mol. The van der Waals surface area contributed by atoms with Gasteiger partial charge in [-0.3, -0.25) is 19.5 Å². The SMILES string of the molecule is O=C1C2CN(Cc3ccc4cccnc4c3)CCN2C(=O)CN1Cc1ccc2ccccc2c1. The molecule has 6 rings (SSSR count). The lowest BCUT2D eigenvalue weighted by Crippen LogP contribution is -2.66. The number of carbonyl (C=O) groups is 2. The van der Waals surface area contributed by atoms with Crippen molar-refractivity contribution in [2.75, 3.05) is 26.2 Å². The lowest BCUT2D eigenvalue weighted by atomic mass is 10.0. The molecule has 2 aliphatic rings. The number of rotatable bonds is 4. The third-order valence-electron chi connectivity index (χ3n) is 6.97. The first-order valence-electron chi connectivity index (χ1n) is 11.8. The summed E-state index contributed by atoms with van der Waals surface area (Å²) >= 11 is 0. The summed E-state index contributed by atoms with van der Waals surface area (Å²) in [6, 6.07) is 24.3. The van der Waals surface area contributed by atoms with Gasteiger partial charge >= 0.3 is 0 Å². The highest BCUT2D eigenvalue weighted by atomic mass is 16.2. The minimum atomic E-state index is -0.422. The van der Waals surface area contributed by atoms with Gasteiger partial charge < -0.3 is 9.80 Å². The molecule has 6 heteroatoms. The number of nitrogens with zero attached hydrogens (tertiary/aromatic N) is 4. The van der Waals surface area contributed by atoms with Gasteiger partial charge in [0.25, 0.3) is 0 Å². The van der Waals surface area contributed by atoms with Crippen molar-refractivity contribution in [1.82, 2.24) is 19.7 Å². The third kappa shape index (κ3) is 3.90. The van der Waals surface area contributed by atoms with Crippen LogP contribution in [0, 0.1) is 0 Å². The van der Waals surface area contributed by atoms with Crippen molar-refractivity contribution in [2.45, 2.75) is 19.1 Å². The van der Waals surface area contributed by atoms with E-state index in [9.17, 15) is 9.59 Å². The van der Waals surface area contributed by atoms with Crippen molar-refractivity contribution >= 4 is 33.5 Å². The van der Waals surface area contributed by atoms with Gasteiger partial charge in [-0.05, 0) is 40.1 Å². The van der Waals surface area contributed by atoms with Crippen molar-refractivity contribution < 1.29 is 9.59 Å². The van der Waals surface area contributed by atoms with Crippen molar-refractivity contribution in [3.05, 3.63) is 90.1 Å². The quantitative estimate of drug-likeness (QED) is 0.478. The molecule has 0 radical (unpaired) electrons. The van der Waals surface area contributed by atoms with Gasteiger partial charge in [-0.25, -0.2) is 0 Å². The molecule has 0 spiro atoms. The molecule has 1 atom stereocenters. The monoisotopic (exact) mass is 450 g/mol. The van der Waals surface area contributed by atoms with Gasteiger partial charge in [0.2, 0.25) is 11.8 Å². The number of hydrogen-bond donors (Lipinski definition) is 0. The number of amides is 2. The minimum absolute atomic E-state index is 0.0395. The lowest BCUT2D eigenvalue weighted by Gasteiger charge is -2.46. The summed E-state index contributed by atoms with van der Waals surface area (Å²) in [5, 5.41) is 3.44. The molecule has 4 aromatic rings. The Bertz CT molecular complexity index is 1400. The molecule has 2 saturated heterocycles. The Morgan fingerprint density at radius 1 is 0.794 bits per heavy atom. The fourth-order valence-electron chi connectivity index (χ4n) is 5.20. The zero-order valence-electron chi connectivity index (χ0n) is 18.9. The molecule has 2 amide bonds. The molecule has 3 aromatic carbocycles. The van der Waals surface area contributed by atoms with Crippen LogP contribution in [0.3, 0.4) is 0 Å². The topological polar surface area (TPSA) is 56.8 Å². The molecule has 2 aliphatic heterocycles. The predicted octanol–water partition coefficient (Wildman–Crippen LogP) is 3.44. The molecule has 2 fully saturated rings. The Kier molecular flexibility index (Phi) is 5.23. The van der Waals surface area contributed by atoms with E-state index in [-0.39, 0.29) is 18.4 Å². The first-order chi connectivity index (χ1) is 16.6. The molecule has 0 aliphatic carbocycles. The van der Waals surface area contributed by atoms with E-state index in [2.05, 4.69) is 58.4 Å². The summed E-state index contributed by atoms with van der Waals surface area (Å²) in [5.74, 6) is 0.0811. The van der Waals surface area contributed by atoms with E-state index >= 15 is 0 Å². The van der Waals surface area contributed by atoms with Gasteiger partial charge in [-0.2, -0.15) is 0 Å². The van der Waals surface area contributed by atoms with Crippen LogP contribution in [0.15, 0.2) is 79.0 Å². The molecular weight excluding hydrogens is 424 g/mol. The molecule has 1 aromatic heterocycles. The zero-order valence-corrected chi connectivity index (χ0v) is 18.9. The zero-order chi connectivity index (χ0) is 23.1. The highest BCUT2D eigenvalue weighted by Gasteiger charge is 2.42. The summed E-state index contributed by atoms with van der Waals surface area (Å²) in [6.45, 7) is 3.25. The second-order valence-corrected chi connectivity index (χ2v) is 9.24. The van der Waals surface area contributed by atoms with Gasteiger partial charge in [0, 0.05) is 44.3 Å². The highest BCUT2D eigenvalue weighted by Crippen LogP contribution is 2.23. The first kappa shape index (κ1) is 20.8. The second-order valence-electron chi connectivity index (χ2n) is 9.24. The number of carbonyl (C=O) groups excluding carboxylic acids is 2. The molecule has 0 N–H and O–H groups in total. The average Bonchev–Trinajstić information content (AvgIpc) is 2.87. The number of pyridine rings is 1. The molecule has 34 heavy (non-hydrogen) atoms. The number of piperazine rings is 2. The van der Waals surface area contributed by atoms with E-state index < -0.39 is 6.04 Å². The fourth-order valence-corrected chi connectivity index (χ4v) is 5.20. The van der Waals surface area contributed by atoms with Crippen LogP contribution in [0.1, 0.15) is 11.1 Å². The van der Waals surface area contributed by atoms with Gasteiger partial charge in [0.1, 0.15) is 12.6 Å². The lowest BCUT2D eigenvalue weighted by molar-refractivity contribution is -0.160. The number of benzene rings is 3. The van der Waals surface area contributed by atoms with E-state index in [0.29, 0.717) is 19.6 Å². The van der Waals surface area contributed by atoms with E-state index in [0.717, 1.165) is 34.9 Å². The molecule has 6 nitrogen and oxygen atoms in total. The number of fused-ring (bicyclic) bond motifs is 3. The third-order valence-corrected chi connectivity index (χ3v) is 6.97. The molecule has 170 valence electrons. The van der Waals surface area contributed by atoms with E-state index in [1.54, 1.807) is 16.0 Å². The maximum atomic E-state index is 13.4. The Labute approximate surface area is 198 Å². The standard InChI is InChI=1S/C28H26N4O2/c33-27-19-31(17-20-7-9-22-4-1-2-5-24(22)14-20)28(34)26-18-30(12-13-32(26)27)16-21-8-10-23-6-3-11-29-25(23)15-21/h1-11,14-15,26H,12-13,16-19H2. The van der Waals surface area contributed by atoms with E-state index in [1.165, 1.54) is 10.9 Å².